The Hall–Kier alpha value is -3.42. The molecule has 0 saturated heterocycles. The van der Waals surface area contributed by atoms with Crippen LogP contribution >= 0.6 is 0 Å². The highest BCUT2D eigenvalue weighted by Gasteiger charge is 2.35. The number of carbonyl (C=O) groups is 2. The van der Waals surface area contributed by atoms with E-state index in [1.54, 1.807) is 15.5 Å². The molecule has 0 unspecified atom stereocenters. The summed E-state index contributed by atoms with van der Waals surface area (Å²) in [5.41, 5.74) is 2.37. The van der Waals surface area contributed by atoms with Crippen molar-refractivity contribution in [2.24, 2.45) is 0 Å². The average molecular weight is 405 g/mol. The van der Waals surface area contributed by atoms with Crippen LogP contribution in [0.1, 0.15) is 42.2 Å². The van der Waals surface area contributed by atoms with Crippen molar-refractivity contribution in [2.45, 2.75) is 45.3 Å². The normalized spacial score (nSPS) is 15.6. The minimum absolute atomic E-state index is 0.0196. The number of hydrogen-bond acceptors (Lipinski definition) is 4. The van der Waals surface area contributed by atoms with E-state index in [0.717, 1.165) is 24.8 Å². The fourth-order valence-corrected chi connectivity index (χ4v) is 4.02. The van der Waals surface area contributed by atoms with E-state index < -0.39 is 0 Å². The van der Waals surface area contributed by atoms with E-state index >= 15 is 0 Å². The summed E-state index contributed by atoms with van der Waals surface area (Å²) in [5, 5.41) is 7.49. The van der Waals surface area contributed by atoms with Gasteiger partial charge in [0, 0.05) is 24.2 Å². The number of nitrogens with zero attached hydrogens (tertiary/aromatic N) is 4. The highest BCUT2D eigenvalue weighted by molar-refractivity contribution is 5.98. The van der Waals surface area contributed by atoms with Gasteiger partial charge in [0.2, 0.25) is 5.91 Å². The second-order valence-electron chi connectivity index (χ2n) is 7.95. The molecule has 0 atom stereocenters. The van der Waals surface area contributed by atoms with Crippen LogP contribution in [-0.2, 0) is 17.9 Å². The second-order valence-corrected chi connectivity index (χ2v) is 7.95. The minimum atomic E-state index is -0.298. The molecular weight excluding hydrogens is 382 g/mol. The molecule has 8 nitrogen and oxygen atoms in total. The number of amides is 2. The van der Waals surface area contributed by atoms with E-state index in [9.17, 15) is 14.4 Å². The van der Waals surface area contributed by atoms with Crippen LogP contribution in [0.3, 0.4) is 0 Å². The summed E-state index contributed by atoms with van der Waals surface area (Å²) in [6, 6.07) is 11.5. The van der Waals surface area contributed by atoms with Crippen LogP contribution in [0.15, 0.2) is 41.2 Å². The number of rotatable bonds is 6. The van der Waals surface area contributed by atoms with Gasteiger partial charge in [0.1, 0.15) is 17.9 Å². The van der Waals surface area contributed by atoms with Crippen LogP contribution in [0.4, 0.5) is 0 Å². The summed E-state index contributed by atoms with van der Waals surface area (Å²) in [4.78, 5) is 40.6. The zero-order valence-corrected chi connectivity index (χ0v) is 16.8. The molecule has 3 aromatic rings. The van der Waals surface area contributed by atoms with Gasteiger partial charge >= 0.3 is 0 Å². The number of aromatic nitrogens is 3. The zero-order chi connectivity index (χ0) is 20.8. The lowest BCUT2D eigenvalue weighted by atomic mass is 10.1. The number of hydrogen-bond donors (Lipinski definition) is 1. The Morgan fingerprint density at radius 2 is 1.97 bits per heavy atom. The Morgan fingerprint density at radius 3 is 2.67 bits per heavy atom. The zero-order valence-electron chi connectivity index (χ0n) is 16.8. The first-order valence-electron chi connectivity index (χ1n) is 10.4. The third kappa shape index (κ3) is 3.08. The molecule has 1 saturated carbocycles. The van der Waals surface area contributed by atoms with E-state index in [2.05, 4.69) is 10.4 Å². The number of fused-ring (bicyclic) bond motifs is 2. The van der Waals surface area contributed by atoms with Crippen LogP contribution in [0, 0.1) is 0 Å². The van der Waals surface area contributed by atoms with Crippen molar-refractivity contribution in [3.8, 4) is 11.3 Å². The third-order valence-corrected chi connectivity index (χ3v) is 5.62. The first-order valence-corrected chi connectivity index (χ1v) is 10.4. The Morgan fingerprint density at radius 1 is 1.20 bits per heavy atom. The summed E-state index contributed by atoms with van der Waals surface area (Å²) in [7, 11) is 0. The lowest BCUT2D eigenvalue weighted by molar-refractivity contribution is -0.121. The van der Waals surface area contributed by atoms with Gasteiger partial charge in [-0.15, -0.1) is 0 Å². The predicted octanol–water partition coefficient (Wildman–Crippen LogP) is 1.81. The molecule has 5 rings (SSSR count). The molecular formula is C22H23N5O3. The van der Waals surface area contributed by atoms with Crippen molar-refractivity contribution in [3.63, 3.8) is 0 Å². The maximum atomic E-state index is 13.2. The lowest BCUT2D eigenvalue weighted by Crippen LogP contribution is -2.33. The standard InChI is InChI=1S/C22H23N5O3/c1-2-10-25-12-16-20(22(25)30)26(13-18(28)23-15-8-9-15)19-11-17(24-27(19)21(16)29)14-6-4-3-5-7-14/h3-7,11,15H,2,8-10,12-13H2,1H3,(H,23,28). The monoisotopic (exact) mass is 405 g/mol. The molecule has 30 heavy (non-hydrogen) atoms. The van der Waals surface area contributed by atoms with Gasteiger partial charge < -0.3 is 14.8 Å². The van der Waals surface area contributed by atoms with E-state index in [1.807, 2.05) is 37.3 Å². The van der Waals surface area contributed by atoms with Crippen molar-refractivity contribution in [1.29, 1.82) is 0 Å². The van der Waals surface area contributed by atoms with E-state index in [4.69, 9.17) is 0 Å². The molecule has 0 bridgehead atoms. The average Bonchev–Trinajstić information content (AvgIpc) is 3.33. The molecule has 1 fully saturated rings. The van der Waals surface area contributed by atoms with Crippen LogP contribution in [0.2, 0.25) is 0 Å². The second kappa shape index (κ2) is 7.12. The summed E-state index contributed by atoms with van der Waals surface area (Å²) >= 11 is 0. The first kappa shape index (κ1) is 18.6. The van der Waals surface area contributed by atoms with E-state index in [0.29, 0.717) is 29.1 Å². The van der Waals surface area contributed by atoms with Crippen molar-refractivity contribution in [1.82, 2.24) is 24.4 Å². The highest BCUT2D eigenvalue weighted by Crippen LogP contribution is 2.25. The fourth-order valence-electron chi connectivity index (χ4n) is 4.02. The third-order valence-electron chi connectivity index (χ3n) is 5.62. The van der Waals surface area contributed by atoms with Gasteiger partial charge in [-0.25, -0.2) is 0 Å². The van der Waals surface area contributed by atoms with Crippen molar-refractivity contribution in [2.75, 3.05) is 6.54 Å². The van der Waals surface area contributed by atoms with E-state index in [1.165, 1.54) is 4.52 Å². The van der Waals surface area contributed by atoms with Crippen LogP contribution in [0.25, 0.3) is 16.9 Å². The largest absolute Gasteiger partial charge is 0.352 e. The Bertz CT molecular complexity index is 1210. The highest BCUT2D eigenvalue weighted by atomic mass is 16.2. The molecule has 154 valence electrons. The van der Waals surface area contributed by atoms with Gasteiger partial charge in [-0.2, -0.15) is 9.61 Å². The van der Waals surface area contributed by atoms with Crippen LogP contribution < -0.4 is 10.9 Å². The number of nitrogens with one attached hydrogen (secondary N) is 1. The van der Waals surface area contributed by atoms with Gasteiger partial charge in [0.15, 0.2) is 0 Å². The quantitative estimate of drug-likeness (QED) is 0.677. The van der Waals surface area contributed by atoms with Crippen LogP contribution in [0.5, 0.6) is 0 Å². The molecule has 2 aliphatic rings. The Labute approximate surface area is 173 Å². The summed E-state index contributed by atoms with van der Waals surface area (Å²) in [6.45, 7) is 2.79. The van der Waals surface area contributed by atoms with Gasteiger partial charge in [-0.05, 0) is 19.3 Å². The Balaban J connectivity index is 1.67. The first-order chi connectivity index (χ1) is 14.6. The maximum absolute atomic E-state index is 13.2. The van der Waals surface area contributed by atoms with E-state index in [-0.39, 0.29) is 36.5 Å². The molecule has 1 aliphatic heterocycles. The Kier molecular flexibility index (Phi) is 4.42. The molecule has 2 aromatic heterocycles. The lowest BCUT2D eigenvalue weighted by Gasteiger charge is -2.15. The molecule has 1 aromatic carbocycles. The van der Waals surface area contributed by atoms with Crippen molar-refractivity contribution in [3.05, 3.63) is 58.0 Å². The summed E-state index contributed by atoms with van der Waals surface area (Å²) in [6.07, 6.45) is 2.76. The molecule has 3 heterocycles. The number of benzene rings is 1. The van der Waals surface area contributed by atoms with Gasteiger partial charge in [-0.1, -0.05) is 37.3 Å². The number of carbonyl (C=O) groups excluding carboxylic acids is 2. The SMILES string of the molecule is CCCN1Cc2c(n(CC(=O)NC3CC3)c3cc(-c4ccccc4)nn3c2=O)C1=O. The topological polar surface area (TPSA) is 88.7 Å². The van der Waals surface area contributed by atoms with Gasteiger partial charge in [-0.3, -0.25) is 14.4 Å². The molecule has 2 amide bonds. The molecule has 1 aliphatic carbocycles. The molecule has 8 heteroatoms. The fraction of sp³-hybridized carbons (Fsp3) is 0.364. The summed E-state index contributed by atoms with van der Waals surface area (Å²) in [5.74, 6) is -0.359. The van der Waals surface area contributed by atoms with Crippen molar-refractivity contribution >= 4 is 17.5 Å². The predicted molar refractivity (Wildman–Crippen MR) is 111 cm³/mol. The molecule has 0 radical (unpaired) electrons. The van der Waals surface area contributed by atoms with Gasteiger partial charge in [0.25, 0.3) is 11.5 Å². The maximum Gasteiger partial charge on any atom is 0.280 e. The molecule has 0 spiro atoms. The minimum Gasteiger partial charge on any atom is -0.352 e. The van der Waals surface area contributed by atoms with Crippen LogP contribution in [-0.4, -0.2) is 43.5 Å². The van der Waals surface area contributed by atoms with Crippen molar-refractivity contribution < 1.29 is 9.59 Å². The molecule has 1 N–H and O–H groups in total. The van der Waals surface area contributed by atoms with Gasteiger partial charge in [0.05, 0.1) is 17.8 Å². The smallest absolute Gasteiger partial charge is 0.280 e. The summed E-state index contributed by atoms with van der Waals surface area (Å²) < 4.78 is 2.99.